The van der Waals surface area contributed by atoms with Gasteiger partial charge in [0.1, 0.15) is 5.75 Å². The lowest BCUT2D eigenvalue weighted by Gasteiger charge is -2.10. The molecule has 1 N–H and O–H groups in total. The molecule has 3 nitrogen and oxygen atoms in total. The van der Waals surface area contributed by atoms with Crippen LogP contribution in [0.4, 0.5) is 13.2 Å². The number of halogens is 3. The lowest BCUT2D eigenvalue weighted by Crippen LogP contribution is -2.20. The molecule has 0 saturated heterocycles. The van der Waals surface area contributed by atoms with E-state index in [9.17, 15) is 18.0 Å². The van der Waals surface area contributed by atoms with Crippen molar-refractivity contribution in [3.63, 3.8) is 0 Å². The summed E-state index contributed by atoms with van der Waals surface area (Å²) in [6.45, 7) is 2.70. The molecule has 0 atom stereocenters. The van der Waals surface area contributed by atoms with E-state index in [0.29, 0.717) is 24.5 Å². The van der Waals surface area contributed by atoms with Crippen molar-refractivity contribution in [3.8, 4) is 5.75 Å². The molecule has 0 spiro atoms. The summed E-state index contributed by atoms with van der Waals surface area (Å²) >= 11 is 0. The van der Waals surface area contributed by atoms with E-state index in [2.05, 4.69) is 5.32 Å². The van der Waals surface area contributed by atoms with E-state index in [1.165, 1.54) is 24.3 Å². The first-order valence-corrected chi connectivity index (χ1v) is 7.74. The molecule has 0 unspecified atom stereocenters. The summed E-state index contributed by atoms with van der Waals surface area (Å²) in [4.78, 5) is 11.9. The Labute approximate surface area is 144 Å². The van der Waals surface area contributed by atoms with Crippen LogP contribution >= 0.6 is 0 Å². The van der Waals surface area contributed by atoms with Gasteiger partial charge in [-0.2, -0.15) is 13.2 Å². The van der Waals surface area contributed by atoms with Gasteiger partial charge in [0, 0.05) is 18.2 Å². The quantitative estimate of drug-likeness (QED) is 0.784. The van der Waals surface area contributed by atoms with Crippen LogP contribution in [-0.4, -0.2) is 12.5 Å². The first-order valence-electron chi connectivity index (χ1n) is 7.74. The summed E-state index contributed by atoms with van der Waals surface area (Å²) in [6.07, 6.45) is -1.62. The third-order valence-corrected chi connectivity index (χ3v) is 3.39. The highest BCUT2D eigenvalue weighted by Gasteiger charge is 2.29. The Hall–Kier alpha value is -2.76. The maximum Gasteiger partial charge on any atom is 0.416 e. The monoisotopic (exact) mass is 349 g/mol. The van der Waals surface area contributed by atoms with Crippen molar-refractivity contribution in [2.75, 3.05) is 6.61 Å². The number of carbonyl (C=O) groups is 1. The molecular formula is C19H18F3NO2. The van der Waals surface area contributed by atoms with Crippen LogP contribution in [0.2, 0.25) is 0 Å². The largest absolute Gasteiger partial charge is 0.494 e. The Morgan fingerprint density at radius 1 is 1.12 bits per heavy atom. The van der Waals surface area contributed by atoms with Crippen LogP contribution in [-0.2, 0) is 17.5 Å². The predicted molar refractivity (Wildman–Crippen MR) is 89.9 cm³/mol. The first-order chi connectivity index (χ1) is 11.9. The molecule has 0 aliphatic heterocycles. The number of rotatable bonds is 6. The van der Waals surface area contributed by atoms with E-state index in [1.807, 2.05) is 31.2 Å². The van der Waals surface area contributed by atoms with Crippen molar-refractivity contribution < 1.29 is 22.7 Å². The molecule has 25 heavy (non-hydrogen) atoms. The number of nitrogens with one attached hydrogen (secondary N) is 1. The van der Waals surface area contributed by atoms with Crippen LogP contribution < -0.4 is 10.1 Å². The molecular weight excluding hydrogens is 331 g/mol. The summed E-state index contributed by atoms with van der Waals surface area (Å²) in [5.41, 5.74) is 0.639. The van der Waals surface area contributed by atoms with Gasteiger partial charge in [0.25, 0.3) is 0 Å². The zero-order valence-electron chi connectivity index (χ0n) is 13.6. The highest BCUT2D eigenvalue weighted by atomic mass is 19.4. The van der Waals surface area contributed by atoms with Crippen molar-refractivity contribution in [2.45, 2.75) is 19.6 Å². The third kappa shape index (κ3) is 5.67. The summed E-state index contributed by atoms with van der Waals surface area (Å²) in [6, 6.07) is 12.0. The van der Waals surface area contributed by atoms with Crippen molar-refractivity contribution in [2.24, 2.45) is 0 Å². The molecule has 0 saturated carbocycles. The van der Waals surface area contributed by atoms with Crippen molar-refractivity contribution >= 4 is 12.0 Å². The highest BCUT2D eigenvalue weighted by Crippen LogP contribution is 2.29. The fourth-order valence-corrected chi connectivity index (χ4v) is 2.14. The van der Waals surface area contributed by atoms with Gasteiger partial charge in [0.05, 0.1) is 12.2 Å². The van der Waals surface area contributed by atoms with E-state index in [-0.39, 0.29) is 5.91 Å². The number of para-hydroxylation sites is 1. The standard InChI is InChI=1S/C19H18F3NO2/c1-2-25-17-6-4-3-5-15(17)13-23-18(24)12-9-14-7-10-16(11-8-14)19(20,21)22/h3-12H,2,13H2,1H3,(H,23,24)/b12-9+. The number of carbonyl (C=O) groups excluding carboxylic acids is 1. The number of ether oxygens (including phenoxy) is 1. The molecule has 2 rings (SSSR count). The second-order valence-corrected chi connectivity index (χ2v) is 5.21. The third-order valence-electron chi connectivity index (χ3n) is 3.39. The fourth-order valence-electron chi connectivity index (χ4n) is 2.14. The minimum atomic E-state index is -4.37. The van der Waals surface area contributed by atoms with E-state index in [0.717, 1.165) is 17.7 Å². The molecule has 0 aliphatic rings. The number of hydrogen-bond acceptors (Lipinski definition) is 2. The first kappa shape index (κ1) is 18.6. The van der Waals surface area contributed by atoms with Crippen molar-refractivity contribution in [1.82, 2.24) is 5.32 Å². The van der Waals surface area contributed by atoms with Crippen LogP contribution in [0.15, 0.2) is 54.6 Å². The summed E-state index contributed by atoms with van der Waals surface area (Å²) in [5.74, 6) is 0.364. The van der Waals surface area contributed by atoms with Gasteiger partial charge in [-0.05, 0) is 36.8 Å². The molecule has 0 fully saturated rings. The molecule has 132 valence electrons. The molecule has 6 heteroatoms. The van der Waals surface area contributed by atoms with Gasteiger partial charge in [0.15, 0.2) is 0 Å². The maximum absolute atomic E-state index is 12.5. The summed E-state index contributed by atoms with van der Waals surface area (Å²) in [5, 5.41) is 2.72. The van der Waals surface area contributed by atoms with Gasteiger partial charge in [0.2, 0.25) is 5.91 Å². The van der Waals surface area contributed by atoms with Gasteiger partial charge in [-0.1, -0.05) is 30.3 Å². The van der Waals surface area contributed by atoms with Crippen LogP contribution in [0.5, 0.6) is 5.75 Å². The molecule has 0 radical (unpaired) electrons. The van der Waals surface area contributed by atoms with Gasteiger partial charge >= 0.3 is 6.18 Å². The Bertz CT molecular complexity index is 737. The van der Waals surface area contributed by atoms with Gasteiger partial charge in [-0.15, -0.1) is 0 Å². The zero-order chi connectivity index (χ0) is 18.3. The van der Waals surface area contributed by atoms with Crippen LogP contribution in [0.3, 0.4) is 0 Å². The van der Waals surface area contributed by atoms with E-state index < -0.39 is 11.7 Å². The lowest BCUT2D eigenvalue weighted by atomic mass is 10.1. The molecule has 1 amide bonds. The minimum Gasteiger partial charge on any atom is -0.494 e. The number of hydrogen-bond donors (Lipinski definition) is 1. The predicted octanol–water partition coefficient (Wildman–Crippen LogP) is 4.43. The fraction of sp³-hybridized carbons (Fsp3) is 0.211. The summed E-state index contributed by atoms with van der Waals surface area (Å²) < 4.78 is 42.9. The second-order valence-electron chi connectivity index (χ2n) is 5.21. The molecule has 2 aromatic carbocycles. The number of alkyl halides is 3. The SMILES string of the molecule is CCOc1ccccc1CNC(=O)/C=C/c1ccc(C(F)(F)F)cc1. The van der Waals surface area contributed by atoms with Crippen molar-refractivity contribution in [3.05, 3.63) is 71.3 Å². The van der Waals surface area contributed by atoms with E-state index >= 15 is 0 Å². The van der Waals surface area contributed by atoms with E-state index in [1.54, 1.807) is 0 Å². The molecule has 2 aromatic rings. The Morgan fingerprint density at radius 3 is 2.44 bits per heavy atom. The Balaban J connectivity index is 1.93. The maximum atomic E-state index is 12.5. The number of benzene rings is 2. The average Bonchev–Trinajstić information content (AvgIpc) is 2.59. The lowest BCUT2D eigenvalue weighted by molar-refractivity contribution is -0.137. The van der Waals surface area contributed by atoms with Crippen LogP contribution in [0.25, 0.3) is 6.08 Å². The average molecular weight is 349 g/mol. The van der Waals surface area contributed by atoms with Gasteiger partial charge in [-0.25, -0.2) is 0 Å². The van der Waals surface area contributed by atoms with Gasteiger partial charge < -0.3 is 10.1 Å². The topological polar surface area (TPSA) is 38.3 Å². The van der Waals surface area contributed by atoms with Crippen LogP contribution in [0.1, 0.15) is 23.6 Å². The van der Waals surface area contributed by atoms with Crippen LogP contribution in [0, 0.1) is 0 Å². The van der Waals surface area contributed by atoms with E-state index in [4.69, 9.17) is 4.74 Å². The Morgan fingerprint density at radius 2 is 1.80 bits per heavy atom. The molecule has 0 aromatic heterocycles. The summed E-state index contributed by atoms with van der Waals surface area (Å²) in [7, 11) is 0. The van der Waals surface area contributed by atoms with Crippen molar-refractivity contribution in [1.29, 1.82) is 0 Å². The molecule has 0 heterocycles. The molecule has 0 bridgehead atoms. The number of amides is 1. The normalized spacial score (nSPS) is 11.5. The second kappa shape index (κ2) is 8.37. The zero-order valence-corrected chi connectivity index (χ0v) is 13.6. The highest BCUT2D eigenvalue weighted by molar-refractivity contribution is 5.91. The van der Waals surface area contributed by atoms with Gasteiger partial charge in [-0.3, -0.25) is 4.79 Å². The smallest absolute Gasteiger partial charge is 0.416 e. The Kier molecular flexibility index (Phi) is 6.22. The molecule has 0 aliphatic carbocycles. The minimum absolute atomic E-state index is 0.298.